The van der Waals surface area contributed by atoms with Crippen molar-refractivity contribution in [3.05, 3.63) is 0 Å². The van der Waals surface area contributed by atoms with Gasteiger partial charge in [-0.3, -0.25) is 0 Å². The Morgan fingerprint density at radius 1 is 1.06 bits per heavy atom. The average molecular weight is 260 g/mol. The molecule has 0 aromatic heterocycles. The molecule has 0 amide bonds. The van der Waals surface area contributed by atoms with Gasteiger partial charge in [-0.1, -0.05) is 32.6 Å². The molecule has 0 spiro atoms. The van der Waals surface area contributed by atoms with E-state index in [-0.39, 0.29) is 0 Å². The molecule has 0 bridgehead atoms. The average Bonchev–Trinajstić information content (AvgIpc) is 2.41. The molecular formula is C13H28O3Si. The SMILES string of the molecule is CCCC[Si](OC)(OC)OCC1CCCCC1. The standard InChI is InChI=1S/C13H28O3Si/c1-4-5-11-17(14-2,15-3)16-12-13-9-7-6-8-10-13/h13H,4-12H2,1-3H3. The summed E-state index contributed by atoms with van der Waals surface area (Å²) in [6.45, 7) is 3.02. The number of unbranched alkanes of at least 4 members (excludes halogenated alkanes) is 1. The molecule has 102 valence electrons. The zero-order chi connectivity index (χ0) is 12.6. The Morgan fingerprint density at radius 2 is 1.71 bits per heavy atom. The summed E-state index contributed by atoms with van der Waals surface area (Å²) in [6, 6.07) is 0.948. The second-order valence-corrected chi connectivity index (χ2v) is 7.98. The molecule has 0 aromatic rings. The summed E-state index contributed by atoms with van der Waals surface area (Å²) in [5, 5.41) is 0. The third kappa shape index (κ3) is 5.08. The summed E-state index contributed by atoms with van der Waals surface area (Å²) in [6.07, 6.45) is 9.02. The van der Waals surface area contributed by atoms with E-state index < -0.39 is 8.80 Å². The van der Waals surface area contributed by atoms with E-state index in [4.69, 9.17) is 13.3 Å². The van der Waals surface area contributed by atoms with Crippen LogP contribution in [0.5, 0.6) is 0 Å². The van der Waals surface area contributed by atoms with Crippen LogP contribution >= 0.6 is 0 Å². The van der Waals surface area contributed by atoms with Crippen LogP contribution < -0.4 is 0 Å². The van der Waals surface area contributed by atoms with Crippen LogP contribution in [0.1, 0.15) is 51.9 Å². The fraction of sp³-hybridized carbons (Fsp3) is 1.00. The number of hydrogen-bond donors (Lipinski definition) is 0. The van der Waals surface area contributed by atoms with E-state index >= 15 is 0 Å². The monoisotopic (exact) mass is 260 g/mol. The Hall–Kier alpha value is 0.0969. The van der Waals surface area contributed by atoms with Gasteiger partial charge in [-0.15, -0.1) is 0 Å². The van der Waals surface area contributed by atoms with Crippen molar-refractivity contribution < 1.29 is 13.3 Å². The van der Waals surface area contributed by atoms with Crippen molar-refractivity contribution in [3.8, 4) is 0 Å². The lowest BCUT2D eigenvalue weighted by molar-refractivity contribution is 0.0738. The van der Waals surface area contributed by atoms with Crippen LogP contribution in [0.3, 0.4) is 0 Å². The molecule has 0 aliphatic heterocycles. The first kappa shape index (κ1) is 15.2. The van der Waals surface area contributed by atoms with Crippen molar-refractivity contribution in [2.75, 3.05) is 20.8 Å². The first-order chi connectivity index (χ1) is 8.26. The molecule has 1 rings (SSSR count). The maximum absolute atomic E-state index is 6.06. The Bertz CT molecular complexity index is 189. The minimum Gasteiger partial charge on any atom is -0.377 e. The van der Waals surface area contributed by atoms with Crippen molar-refractivity contribution in [2.24, 2.45) is 5.92 Å². The lowest BCUT2D eigenvalue weighted by Gasteiger charge is -2.30. The molecule has 3 nitrogen and oxygen atoms in total. The molecule has 0 atom stereocenters. The molecule has 0 radical (unpaired) electrons. The maximum Gasteiger partial charge on any atom is 0.500 e. The first-order valence-corrected chi connectivity index (χ1v) is 8.93. The van der Waals surface area contributed by atoms with E-state index in [1.807, 2.05) is 0 Å². The Balaban J connectivity index is 2.36. The molecule has 0 unspecified atom stereocenters. The maximum atomic E-state index is 6.06. The highest BCUT2D eigenvalue weighted by Crippen LogP contribution is 2.26. The van der Waals surface area contributed by atoms with Crippen LogP contribution in [0.2, 0.25) is 6.04 Å². The number of rotatable bonds is 8. The lowest BCUT2D eigenvalue weighted by Crippen LogP contribution is -2.45. The highest BCUT2D eigenvalue weighted by molar-refractivity contribution is 6.60. The van der Waals surface area contributed by atoms with E-state index in [1.54, 1.807) is 14.2 Å². The van der Waals surface area contributed by atoms with E-state index in [9.17, 15) is 0 Å². The van der Waals surface area contributed by atoms with Crippen LogP contribution in [0.4, 0.5) is 0 Å². The van der Waals surface area contributed by atoms with E-state index in [1.165, 1.54) is 32.1 Å². The molecule has 1 fully saturated rings. The molecule has 0 aromatic carbocycles. The van der Waals surface area contributed by atoms with Crippen LogP contribution in [0.15, 0.2) is 0 Å². The third-order valence-electron chi connectivity index (χ3n) is 3.72. The Labute approximate surface area is 107 Å². The molecule has 17 heavy (non-hydrogen) atoms. The van der Waals surface area contributed by atoms with Gasteiger partial charge in [0.05, 0.1) is 0 Å². The Kier molecular flexibility index (Phi) is 7.35. The van der Waals surface area contributed by atoms with Crippen LogP contribution in [0, 0.1) is 5.92 Å². The van der Waals surface area contributed by atoms with Crippen molar-refractivity contribution in [1.82, 2.24) is 0 Å². The van der Waals surface area contributed by atoms with Gasteiger partial charge in [0.15, 0.2) is 0 Å². The van der Waals surface area contributed by atoms with Crippen LogP contribution in [-0.4, -0.2) is 29.6 Å². The van der Waals surface area contributed by atoms with Crippen molar-refractivity contribution in [2.45, 2.75) is 57.9 Å². The summed E-state index contributed by atoms with van der Waals surface area (Å²) in [7, 11) is 1.11. The highest BCUT2D eigenvalue weighted by atomic mass is 28.4. The lowest BCUT2D eigenvalue weighted by atomic mass is 9.90. The van der Waals surface area contributed by atoms with Gasteiger partial charge in [-0.05, 0) is 25.2 Å². The normalized spacial score (nSPS) is 18.5. The van der Waals surface area contributed by atoms with Gasteiger partial charge in [0, 0.05) is 26.9 Å². The van der Waals surface area contributed by atoms with Crippen LogP contribution in [0.25, 0.3) is 0 Å². The van der Waals surface area contributed by atoms with E-state index in [2.05, 4.69) is 6.92 Å². The molecule has 4 heteroatoms. The second-order valence-electron chi connectivity index (χ2n) is 5.01. The minimum atomic E-state index is -2.35. The summed E-state index contributed by atoms with van der Waals surface area (Å²) in [5.41, 5.74) is 0. The topological polar surface area (TPSA) is 27.7 Å². The zero-order valence-corrected chi connectivity index (χ0v) is 12.7. The molecular weight excluding hydrogens is 232 g/mol. The summed E-state index contributed by atoms with van der Waals surface area (Å²) in [5.74, 6) is 0.725. The van der Waals surface area contributed by atoms with Gasteiger partial charge >= 0.3 is 8.80 Å². The van der Waals surface area contributed by atoms with Gasteiger partial charge in [-0.25, -0.2) is 0 Å². The molecule has 0 saturated heterocycles. The highest BCUT2D eigenvalue weighted by Gasteiger charge is 2.38. The molecule has 0 N–H and O–H groups in total. The molecule has 1 aliphatic carbocycles. The van der Waals surface area contributed by atoms with Gasteiger partial charge in [0.1, 0.15) is 0 Å². The van der Waals surface area contributed by atoms with Crippen molar-refractivity contribution in [3.63, 3.8) is 0 Å². The predicted octanol–water partition coefficient (Wildman–Crippen LogP) is 3.62. The number of hydrogen-bond acceptors (Lipinski definition) is 3. The zero-order valence-electron chi connectivity index (χ0n) is 11.7. The smallest absolute Gasteiger partial charge is 0.377 e. The quantitative estimate of drug-likeness (QED) is 0.624. The van der Waals surface area contributed by atoms with Crippen molar-refractivity contribution >= 4 is 8.80 Å². The van der Waals surface area contributed by atoms with Gasteiger partial charge in [0.25, 0.3) is 0 Å². The predicted molar refractivity (Wildman–Crippen MR) is 72.0 cm³/mol. The fourth-order valence-corrected chi connectivity index (χ4v) is 4.70. The Morgan fingerprint density at radius 3 is 2.24 bits per heavy atom. The van der Waals surface area contributed by atoms with Crippen LogP contribution in [-0.2, 0) is 13.3 Å². The van der Waals surface area contributed by atoms with Gasteiger partial charge < -0.3 is 13.3 Å². The second kappa shape index (κ2) is 8.24. The van der Waals surface area contributed by atoms with E-state index in [0.29, 0.717) is 0 Å². The third-order valence-corrected chi connectivity index (χ3v) is 6.54. The van der Waals surface area contributed by atoms with Gasteiger partial charge in [-0.2, -0.15) is 0 Å². The molecule has 0 heterocycles. The van der Waals surface area contributed by atoms with E-state index in [0.717, 1.165) is 31.4 Å². The van der Waals surface area contributed by atoms with Crippen molar-refractivity contribution in [1.29, 1.82) is 0 Å². The summed E-state index contributed by atoms with van der Waals surface area (Å²) in [4.78, 5) is 0. The fourth-order valence-electron chi connectivity index (χ4n) is 2.47. The molecule has 1 aliphatic rings. The largest absolute Gasteiger partial charge is 0.500 e. The summed E-state index contributed by atoms with van der Waals surface area (Å²) >= 11 is 0. The van der Waals surface area contributed by atoms with Gasteiger partial charge in [0.2, 0.25) is 0 Å². The minimum absolute atomic E-state index is 0.725. The first-order valence-electron chi connectivity index (χ1n) is 7.00. The molecule has 1 saturated carbocycles. The summed E-state index contributed by atoms with van der Waals surface area (Å²) < 4.78 is 17.2.